The van der Waals surface area contributed by atoms with Gasteiger partial charge >= 0.3 is 6.09 Å². The number of amides is 1. The van der Waals surface area contributed by atoms with Crippen LogP contribution in [0.1, 0.15) is 12.5 Å². The van der Waals surface area contributed by atoms with Gasteiger partial charge in [0.2, 0.25) is 0 Å². The number of ether oxygens (including phenoxy) is 1. The van der Waals surface area contributed by atoms with Gasteiger partial charge in [-0.15, -0.1) is 0 Å². The van der Waals surface area contributed by atoms with Gasteiger partial charge in [-0.25, -0.2) is 13.6 Å². The molecule has 0 saturated carbocycles. The average Bonchev–Trinajstić information content (AvgIpc) is 2.58. The highest BCUT2D eigenvalue weighted by Crippen LogP contribution is 2.08. The van der Waals surface area contributed by atoms with Gasteiger partial charge in [-0.05, 0) is 31.0 Å². The van der Waals surface area contributed by atoms with Crippen LogP contribution in [0, 0.1) is 11.6 Å². The van der Waals surface area contributed by atoms with Gasteiger partial charge in [-0.2, -0.15) is 0 Å². The molecule has 0 spiro atoms. The second-order valence-electron chi connectivity index (χ2n) is 5.67. The molecule has 1 aliphatic heterocycles. The lowest BCUT2D eigenvalue weighted by Crippen LogP contribution is -2.54. The number of halogens is 2. The van der Waals surface area contributed by atoms with E-state index in [0.29, 0.717) is 57.3 Å². The molecule has 1 aromatic rings. The van der Waals surface area contributed by atoms with Gasteiger partial charge in [0.15, 0.2) is 5.96 Å². The van der Waals surface area contributed by atoms with E-state index in [9.17, 15) is 13.6 Å². The Hall–Kier alpha value is -2.38. The molecule has 0 bridgehead atoms. The van der Waals surface area contributed by atoms with Gasteiger partial charge in [0, 0.05) is 45.8 Å². The normalized spacial score (nSPS) is 15.3. The van der Waals surface area contributed by atoms with Crippen molar-refractivity contribution in [3.8, 4) is 0 Å². The Morgan fingerprint density at radius 2 is 1.76 bits per heavy atom. The van der Waals surface area contributed by atoms with E-state index < -0.39 is 11.6 Å². The highest BCUT2D eigenvalue weighted by atomic mass is 19.1. The zero-order valence-electron chi connectivity index (χ0n) is 14.6. The Morgan fingerprint density at radius 3 is 2.32 bits per heavy atom. The summed E-state index contributed by atoms with van der Waals surface area (Å²) in [6.45, 7) is 5.07. The molecule has 0 aliphatic carbocycles. The van der Waals surface area contributed by atoms with E-state index in [1.807, 2.05) is 4.90 Å². The van der Waals surface area contributed by atoms with Crippen molar-refractivity contribution >= 4 is 12.1 Å². The number of benzene rings is 1. The fourth-order valence-corrected chi connectivity index (χ4v) is 2.72. The largest absolute Gasteiger partial charge is 0.450 e. The third-order valence-corrected chi connectivity index (χ3v) is 3.94. The Balaban J connectivity index is 1.80. The van der Waals surface area contributed by atoms with Crippen LogP contribution >= 0.6 is 0 Å². The molecule has 1 fully saturated rings. The first kappa shape index (κ1) is 19.0. The Bertz CT molecular complexity index is 596. The molecule has 138 valence electrons. The summed E-state index contributed by atoms with van der Waals surface area (Å²) in [6, 6.07) is 3.51. The van der Waals surface area contributed by atoms with Crippen LogP contribution in [-0.4, -0.2) is 68.2 Å². The topological polar surface area (TPSA) is 57.2 Å². The third kappa shape index (κ3) is 5.58. The summed E-state index contributed by atoms with van der Waals surface area (Å²) in [7, 11) is 1.68. The first-order valence-corrected chi connectivity index (χ1v) is 8.35. The minimum absolute atomic E-state index is 0.293. The molecular weight excluding hydrogens is 330 g/mol. The number of nitrogens with one attached hydrogen (secondary N) is 1. The van der Waals surface area contributed by atoms with Crippen molar-refractivity contribution in [1.29, 1.82) is 0 Å². The summed E-state index contributed by atoms with van der Waals surface area (Å²) < 4.78 is 31.4. The van der Waals surface area contributed by atoms with Crippen LogP contribution < -0.4 is 5.32 Å². The number of aliphatic imine (C=N–C) groups is 1. The fourth-order valence-electron chi connectivity index (χ4n) is 2.72. The lowest BCUT2D eigenvalue weighted by Gasteiger charge is -2.35. The molecule has 1 N–H and O–H groups in total. The predicted molar refractivity (Wildman–Crippen MR) is 91.6 cm³/mol. The molecule has 1 aromatic carbocycles. The molecule has 8 heteroatoms. The maximum absolute atomic E-state index is 13.2. The van der Waals surface area contributed by atoms with Crippen molar-refractivity contribution < 1.29 is 18.3 Å². The molecule has 1 heterocycles. The summed E-state index contributed by atoms with van der Waals surface area (Å²) in [4.78, 5) is 19.7. The van der Waals surface area contributed by atoms with E-state index >= 15 is 0 Å². The van der Waals surface area contributed by atoms with E-state index in [1.165, 1.54) is 12.1 Å². The van der Waals surface area contributed by atoms with E-state index in [1.54, 1.807) is 18.9 Å². The van der Waals surface area contributed by atoms with Crippen LogP contribution in [0.3, 0.4) is 0 Å². The van der Waals surface area contributed by atoms with E-state index in [2.05, 4.69) is 10.3 Å². The first-order chi connectivity index (χ1) is 12.0. The number of guanidine groups is 1. The van der Waals surface area contributed by atoms with Crippen molar-refractivity contribution in [3.05, 3.63) is 35.4 Å². The third-order valence-electron chi connectivity index (χ3n) is 3.94. The van der Waals surface area contributed by atoms with Crippen molar-refractivity contribution in [3.63, 3.8) is 0 Å². The van der Waals surface area contributed by atoms with Gasteiger partial charge in [-0.3, -0.25) is 4.99 Å². The number of carbonyl (C=O) groups is 1. The monoisotopic (exact) mass is 354 g/mol. The van der Waals surface area contributed by atoms with Crippen molar-refractivity contribution in [2.24, 2.45) is 4.99 Å². The molecule has 1 aliphatic rings. The molecule has 6 nitrogen and oxygen atoms in total. The zero-order valence-corrected chi connectivity index (χ0v) is 14.6. The smallest absolute Gasteiger partial charge is 0.409 e. The molecule has 1 saturated heterocycles. The maximum Gasteiger partial charge on any atom is 0.409 e. The number of hydrogen-bond acceptors (Lipinski definition) is 3. The second kappa shape index (κ2) is 9.19. The molecular formula is C17H24F2N4O2. The van der Waals surface area contributed by atoms with Crippen LogP contribution in [0.2, 0.25) is 0 Å². The van der Waals surface area contributed by atoms with E-state index in [-0.39, 0.29) is 6.09 Å². The number of nitrogens with zero attached hydrogens (tertiary/aromatic N) is 3. The standard InChI is InChI=1S/C17H24F2N4O2/c1-3-25-17(24)23-8-6-22(7-9-23)16(20-2)21-5-4-13-10-14(18)12-15(19)11-13/h10-12H,3-9H2,1-2H3,(H,20,21). The number of rotatable bonds is 4. The number of piperazine rings is 1. The molecule has 0 unspecified atom stereocenters. The van der Waals surface area contributed by atoms with Gasteiger partial charge in [0.05, 0.1) is 6.61 Å². The number of carbonyl (C=O) groups excluding carboxylic acids is 1. The van der Waals surface area contributed by atoms with Gasteiger partial charge < -0.3 is 19.9 Å². The molecule has 0 atom stereocenters. The van der Waals surface area contributed by atoms with Gasteiger partial charge in [0.25, 0.3) is 0 Å². The van der Waals surface area contributed by atoms with Gasteiger partial charge in [0.1, 0.15) is 11.6 Å². The van der Waals surface area contributed by atoms with Crippen LogP contribution in [0.5, 0.6) is 0 Å². The molecule has 25 heavy (non-hydrogen) atoms. The summed E-state index contributed by atoms with van der Waals surface area (Å²) in [6.07, 6.45) is 0.189. The summed E-state index contributed by atoms with van der Waals surface area (Å²) in [5, 5.41) is 3.19. The first-order valence-electron chi connectivity index (χ1n) is 8.35. The van der Waals surface area contributed by atoms with Crippen LogP contribution in [0.4, 0.5) is 13.6 Å². The zero-order chi connectivity index (χ0) is 18.2. The highest BCUT2D eigenvalue weighted by molar-refractivity contribution is 5.80. The summed E-state index contributed by atoms with van der Waals surface area (Å²) in [5.74, 6) is -0.440. The van der Waals surface area contributed by atoms with Crippen molar-refractivity contribution in [2.45, 2.75) is 13.3 Å². The van der Waals surface area contributed by atoms with E-state index in [0.717, 1.165) is 6.07 Å². The summed E-state index contributed by atoms with van der Waals surface area (Å²) in [5.41, 5.74) is 0.590. The predicted octanol–water partition coefficient (Wildman–Crippen LogP) is 1.86. The number of hydrogen-bond donors (Lipinski definition) is 1. The minimum atomic E-state index is -0.575. The summed E-state index contributed by atoms with van der Waals surface area (Å²) >= 11 is 0. The van der Waals surface area contributed by atoms with Crippen molar-refractivity contribution in [2.75, 3.05) is 46.4 Å². The quantitative estimate of drug-likeness (QED) is 0.662. The lowest BCUT2D eigenvalue weighted by atomic mass is 10.1. The molecule has 0 radical (unpaired) electrons. The SMILES string of the molecule is CCOC(=O)N1CCN(C(=NC)NCCc2cc(F)cc(F)c2)CC1. The van der Waals surface area contributed by atoms with Crippen LogP contribution in [-0.2, 0) is 11.2 Å². The minimum Gasteiger partial charge on any atom is -0.450 e. The van der Waals surface area contributed by atoms with Crippen molar-refractivity contribution in [1.82, 2.24) is 15.1 Å². The Kier molecular flexibility index (Phi) is 6.97. The molecule has 2 rings (SSSR count). The highest BCUT2D eigenvalue weighted by Gasteiger charge is 2.23. The average molecular weight is 354 g/mol. The fraction of sp³-hybridized carbons (Fsp3) is 0.529. The van der Waals surface area contributed by atoms with Crippen LogP contribution in [0.15, 0.2) is 23.2 Å². The maximum atomic E-state index is 13.2. The Morgan fingerprint density at radius 1 is 1.16 bits per heavy atom. The molecule has 1 amide bonds. The second-order valence-corrected chi connectivity index (χ2v) is 5.67. The van der Waals surface area contributed by atoms with Gasteiger partial charge in [-0.1, -0.05) is 0 Å². The molecule has 0 aromatic heterocycles. The van der Waals surface area contributed by atoms with E-state index in [4.69, 9.17) is 4.74 Å². The van der Waals surface area contributed by atoms with Crippen LogP contribution in [0.25, 0.3) is 0 Å². The lowest BCUT2D eigenvalue weighted by molar-refractivity contribution is 0.0914. The Labute approximate surface area is 146 Å².